The molecule has 3 aromatic carbocycles. The topological polar surface area (TPSA) is 57.8 Å². The Hall–Kier alpha value is -3.18. The van der Waals surface area contributed by atoms with E-state index in [1.807, 2.05) is 48.5 Å². The molecule has 0 atom stereocenters. The number of halogens is 2. The van der Waals surface area contributed by atoms with E-state index in [4.69, 9.17) is 11.6 Å². The summed E-state index contributed by atoms with van der Waals surface area (Å²) in [5.41, 5.74) is 4.04. The molecule has 1 aromatic heterocycles. The normalized spacial score (nSPS) is 10.9. The predicted molar refractivity (Wildman–Crippen MR) is 109 cm³/mol. The highest BCUT2D eigenvalue weighted by Gasteiger charge is 2.10. The molecule has 0 unspecified atom stereocenters. The smallest absolute Gasteiger partial charge is 0.255 e. The molecule has 0 radical (unpaired) electrons. The van der Waals surface area contributed by atoms with E-state index in [0.717, 1.165) is 35.3 Å². The first-order valence-electron chi connectivity index (χ1n) is 8.87. The van der Waals surface area contributed by atoms with Crippen molar-refractivity contribution in [2.24, 2.45) is 0 Å². The summed E-state index contributed by atoms with van der Waals surface area (Å²) >= 11 is 5.75. The van der Waals surface area contributed by atoms with Gasteiger partial charge in [-0.15, -0.1) is 0 Å². The maximum absolute atomic E-state index is 13.3. The van der Waals surface area contributed by atoms with Crippen molar-refractivity contribution in [3.8, 4) is 0 Å². The summed E-state index contributed by atoms with van der Waals surface area (Å²) in [5.74, 6) is 0.0405. The molecule has 0 fully saturated rings. The highest BCUT2D eigenvalue weighted by Crippen LogP contribution is 2.19. The zero-order valence-corrected chi connectivity index (χ0v) is 15.6. The van der Waals surface area contributed by atoms with E-state index < -0.39 is 5.82 Å². The van der Waals surface area contributed by atoms with E-state index in [-0.39, 0.29) is 10.9 Å². The average molecular weight is 394 g/mol. The van der Waals surface area contributed by atoms with Crippen molar-refractivity contribution in [3.05, 3.63) is 94.5 Å². The van der Waals surface area contributed by atoms with E-state index in [1.54, 1.807) is 0 Å². The van der Waals surface area contributed by atoms with Crippen molar-refractivity contribution < 1.29 is 9.18 Å². The van der Waals surface area contributed by atoms with E-state index in [2.05, 4.69) is 15.3 Å². The molecule has 0 aliphatic heterocycles. The van der Waals surface area contributed by atoms with Crippen LogP contribution >= 0.6 is 11.6 Å². The van der Waals surface area contributed by atoms with Gasteiger partial charge in [-0.3, -0.25) is 4.79 Å². The fourth-order valence-corrected chi connectivity index (χ4v) is 3.21. The Bertz CT molecular complexity index is 1120. The van der Waals surface area contributed by atoms with Gasteiger partial charge in [0.2, 0.25) is 0 Å². The monoisotopic (exact) mass is 393 g/mol. The number of anilines is 1. The minimum absolute atomic E-state index is 0.0766. The molecule has 2 N–H and O–H groups in total. The second kappa shape index (κ2) is 7.82. The Labute approximate surface area is 166 Å². The molecule has 1 heterocycles. The summed E-state index contributed by atoms with van der Waals surface area (Å²) in [6.45, 7) is 0. The molecule has 6 heteroatoms. The van der Waals surface area contributed by atoms with Crippen LogP contribution in [0.3, 0.4) is 0 Å². The molecular weight excluding hydrogens is 377 g/mol. The van der Waals surface area contributed by atoms with Crippen LogP contribution in [0.25, 0.3) is 11.0 Å². The summed E-state index contributed by atoms with van der Waals surface area (Å²) in [4.78, 5) is 20.3. The standard InChI is InChI=1S/C22H17ClFN3O/c23-17-13-15(9-10-18(17)24)22(28)25-16-5-3-4-14(12-16)8-11-21-26-19-6-1-2-7-20(19)27-21/h1-7,9-10,12-13H,8,11H2,(H,25,28)(H,26,27). The van der Waals surface area contributed by atoms with Crippen molar-refractivity contribution >= 4 is 34.2 Å². The second-order valence-corrected chi connectivity index (χ2v) is 6.89. The number of rotatable bonds is 5. The van der Waals surface area contributed by atoms with Crippen LogP contribution in [0, 0.1) is 5.82 Å². The lowest BCUT2D eigenvalue weighted by atomic mass is 10.1. The summed E-state index contributed by atoms with van der Waals surface area (Å²) in [7, 11) is 0. The van der Waals surface area contributed by atoms with Crippen LogP contribution in [0.5, 0.6) is 0 Å². The highest BCUT2D eigenvalue weighted by atomic mass is 35.5. The Kier molecular flexibility index (Phi) is 5.08. The lowest BCUT2D eigenvalue weighted by molar-refractivity contribution is 0.102. The van der Waals surface area contributed by atoms with Gasteiger partial charge >= 0.3 is 0 Å². The molecular formula is C22H17ClFN3O. The number of hydrogen-bond donors (Lipinski definition) is 2. The molecule has 0 bridgehead atoms. The van der Waals surface area contributed by atoms with Crippen LogP contribution in [0.1, 0.15) is 21.7 Å². The maximum atomic E-state index is 13.3. The number of aryl methyl sites for hydroxylation is 2. The maximum Gasteiger partial charge on any atom is 0.255 e. The van der Waals surface area contributed by atoms with Gasteiger partial charge in [0, 0.05) is 17.7 Å². The van der Waals surface area contributed by atoms with Crippen molar-refractivity contribution in [2.75, 3.05) is 5.32 Å². The molecule has 0 spiro atoms. The minimum atomic E-state index is -0.550. The Balaban J connectivity index is 1.43. The van der Waals surface area contributed by atoms with Crippen LogP contribution in [0.15, 0.2) is 66.7 Å². The molecule has 4 rings (SSSR count). The van der Waals surface area contributed by atoms with Gasteiger partial charge in [-0.05, 0) is 54.4 Å². The van der Waals surface area contributed by atoms with Gasteiger partial charge in [-0.1, -0.05) is 35.9 Å². The van der Waals surface area contributed by atoms with Crippen molar-refractivity contribution in [1.82, 2.24) is 9.97 Å². The van der Waals surface area contributed by atoms with Crippen molar-refractivity contribution in [3.63, 3.8) is 0 Å². The van der Waals surface area contributed by atoms with Gasteiger partial charge in [0.25, 0.3) is 5.91 Å². The quantitative estimate of drug-likeness (QED) is 0.477. The molecule has 0 aliphatic rings. The van der Waals surface area contributed by atoms with Crippen LogP contribution in [0.2, 0.25) is 5.02 Å². The van der Waals surface area contributed by atoms with Crippen LogP contribution in [0.4, 0.5) is 10.1 Å². The first-order valence-corrected chi connectivity index (χ1v) is 9.25. The second-order valence-electron chi connectivity index (χ2n) is 6.48. The molecule has 4 aromatic rings. The molecule has 28 heavy (non-hydrogen) atoms. The molecule has 4 nitrogen and oxygen atoms in total. The van der Waals surface area contributed by atoms with Gasteiger partial charge in [-0.2, -0.15) is 0 Å². The predicted octanol–water partition coefficient (Wildman–Crippen LogP) is 5.39. The number of H-pyrrole nitrogens is 1. The number of carbonyl (C=O) groups excluding carboxylic acids is 1. The number of carbonyl (C=O) groups is 1. The lowest BCUT2D eigenvalue weighted by Crippen LogP contribution is -2.12. The number of nitrogens with one attached hydrogen (secondary N) is 2. The zero-order chi connectivity index (χ0) is 19.5. The average Bonchev–Trinajstić information content (AvgIpc) is 3.12. The van der Waals surface area contributed by atoms with Gasteiger partial charge in [0.1, 0.15) is 11.6 Å². The first-order chi connectivity index (χ1) is 13.6. The fourth-order valence-electron chi connectivity index (χ4n) is 3.03. The zero-order valence-electron chi connectivity index (χ0n) is 14.9. The summed E-state index contributed by atoms with van der Waals surface area (Å²) in [6, 6.07) is 19.5. The number of para-hydroxylation sites is 2. The third kappa shape index (κ3) is 4.05. The minimum Gasteiger partial charge on any atom is -0.342 e. The largest absolute Gasteiger partial charge is 0.342 e. The van der Waals surface area contributed by atoms with Gasteiger partial charge in [0.15, 0.2) is 0 Å². The molecule has 140 valence electrons. The van der Waals surface area contributed by atoms with Crippen molar-refractivity contribution in [1.29, 1.82) is 0 Å². The van der Waals surface area contributed by atoms with E-state index in [0.29, 0.717) is 11.3 Å². The summed E-state index contributed by atoms with van der Waals surface area (Å²) in [6.07, 6.45) is 1.55. The Morgan fingerprint density at radius 2 is 1.89 bits per heavy atom. The summed E-state index contributed by atoms with van der Waals surface area (Å²) < 4.78 is 13.3. The third-order valence-corrected chi connectivity index (χ3v) is 4.75. The van der Waals surface area contributed by atoms with Crippen LogP contribution in [-0.4, -0.2) is 15.9 Å². The van der Waals surface area contributed by atoms with Crippen molar-refractivity contribution in [2.45, 2.75) is 12.8 Å². The number of nitrogens with zero attached hydrogens (tertiary/aromatic N) is 1. The van der Waals surface area contributed by atoms with Gasteiger partial charge < -0.3 is 10.3 Å². The van der Waals surface area contributed by atoms with Crippen LogP contribution < -0.4 is 5.32 Å². The molecule has 0 saturated carbocycles. The van der Waals surface area contributed by atoms with E-state index in [9.17, 15) is 9.18 Å². The van der Waals surface area contributed by atoms with E-state index >= 15 is 0 Å². The van der Waals surface area contributed by atoms with Gasteiger partial charge in [0.05, 0.1) is 16.1 Å². The molecule has 0 saturated heterocycles. The van der Waals surface area contributed by atoms with E-state index in [1.165, 1.54) is 18.2 Å². The first kappa shape index (κ1) is 18.2. The number of benzene rings is 3. The number of imidazole rings is 1. The molecule has 1 amide bonds. The number of amides is 1. The number of aromatic nitrogens is 2. The Morgan fingerprint density at radius 3 is 2.71 bits per heavy atom. The number of aromatic amines is 1. The molecule has 0 aliphatic carbocycles. The Morgan fingerprint density at radius 1 is 1.04 bits per heavy atom. The fraction of sp³-hybridized carbons (Fsp3) is 0.0909. The highest BCUT2D eigenvalue weighted by molar-refractivity contribution is 6.31. The third-order valence-electron chi connectivity index (χ3n) is 4.46. The number of hydrogen-bond acceptors (Lipinski definition) is 2. The van der Waals surface area contributed by atoms with Crippen LogP contribution in [-0.2, 0) is 12.8 Å². The van der Waals surface area contributed by atoms with Gasteiger partial charge in [-0.25, -0.2) is 9.37 Å². The lowest BCUT2D eigenvalue weighted by Gasteiger charge is -2.08. The number of fused-ring (bicyclic) bond motifs is 1. The SMILES string of the molecule is O=C(Nc1cccc(CCc2nc3ccccc3[nH]2)c1)c1ccc(F)c(Cl)c1. The summed E-state index contributed by atoms with van der Waals surface area (Å²) in [5, 5.41) is 2.74.